The molecule has 3 rings (SSSR count). The molecule has 0 spiro atoms. The molecule has 0 saturated heterocycles. The van der Waals surface area contributed by atoms with Gasteiger partial charge in [0.15, 0.2) is 0 Å². The molecule has 1 amide bonds. The van der Waals surface area contributed by atoms with Crippen LogP contribution >= 0.6 is 11.6 Å². The van der Waals surface area contributed by atoms with E-state index in [1.54, 1.807) is 50.2 Å². The predicted octanol–water partition coefficient (Wildman–Crippen LogP) is 4.60. The fraction of sp³-hybridized carbons (Fsp3) is 0.105. The molecule has 27 heavy (non-hydrogen) atoms. The van der Waals surface area contributed by atoms with E-state index in [-0.39, 0.29) is 10.8 Å². The monoisotopic (exact) mass is 404 g/mol. The summed E-state index contributed by atoms with van der Waals surface area (Å²) in [6.45, 7) is 3.35. The zero-order valence-electron chi connectivity index (χ0n) is 14.6. The van der Waals surface area contributed by atoms with Crippen molar-refractivity contribution in [2.75, 3.05) is 10.0 Å². The molecule has 0 radical (unpaired) electrons. The number of furan rings is 1. The molecule has 3 aromatic rings. The van der Waals surface area contributed by atoms with Gasteiger partial charge in [0.25, 0.3) is 15.9 Å². The van der Waals surface area contributed by atoms with Crippen LogP contribution in [-0.2, 0) is 10.0 Å². The number of hydrogen-bond acceptors (Lipinski definition) is 4. The van der Waals surface area contributed by atoms with Crippen LogP contribution in [-0.4, -0.2) is 14.3 Å². The van der Waals surface area contributed by atoms with E-state index < -0.39 is 10.0 Å². The van der Waals surface area contributed by atoms with Crippen molar-refractivity contribution in [3.63, 3.8) is 0 Å². The van der Waals surface area contributed by atoms with Crippen LogP contribution in [0.4, 0.5) is 11.4 Å². The molecule has 0 aliphatic carbocycles. The first-order valence-electron chi connectivity index (χ1n) is 8.01. The summed E-state index contributed by atoms with van der Waals surface area (Å²) < 4.78 is 33.2. The normalized spacial score (nSPS) is 11.2. The Morgan fingerprint density at radius 1 is 1.04 bits per heavy atom. The van der Waals surface area contributed by atoms with E-state index >= 15 is 0 Å². The summed E-state index contributed by atoms with van der Waals surface area (Å²) in [5.74, 6) is 0.103. The fourth-order valence-electron chi connectivity index (χ4n) is 2.55. The second-order valence-corrected chi connectivity index (χ2v) is 8.03. The first-order chi connectivity index (χ1) is 12.8. The van der Waals surface area contributed by atoms with Crippen LogP contribution in [0.3, 0.4) is 0 Å². The minimum absolute atomic E-state index is 0.0594. The summed E-state index contributed by atoms with van der Waals surface area (Å²) in [6, 6.07) is 12.7. The van der Waals surface area contributed by atoms with Crippen LogP contribution < -0.4 is 10.0 Å². The highest BCUT2D eigenvalue weighted by molar-refractivity contribution is 7.92. The van der Waals surface area contributed by atoms with Crippen LogP contribution in [0.15, 0.2) is 64.1 Å². The van der Waals surface area contributed by atoms with E-state index in [1.807, 2.05) is 0 Å². The van der Waals surface area contributed by atoms with E-state index in [0.29, 0.717) is 33.3 Å². The maximum absolute atomic E-state index is 12.8. The van der Waals surface area contributed by atoms with Gasteiger partial charge in [-0.1, -0.05) is 23.7 Å². The molecule has 2 N–H and O–H groups in total. The van der Waals surface area contributed by atoms with Gasteiger partial charge >= 0.3 is 0 Å². The Kier molecular flexibility index (Phi) is 5.25. The lowest BCUT2D eigenvalue weighted by Gasteiger charge is -2.13. The first kappa shape index (κ1) is 19.0. The SMILES string of the molecule is Cc1ccc(NC(=O)c2ccoc2C)cc1S(=O)(=O)Nc1cccc(Cl)c1. The number of halogens is 1. The number of carbonyl (C=O) groups excluding carboxylic acids is 1. The molecule has 0 bridgehead atoms. The largest absolute Gasteiger partial charge is 0.469 e. The highest BCUT2D eigenvalue weighted by Gasteiger charge is 2.19. The maximum Gasteiger partial charge on any atom is 0.262 e. The number of anilines is 2. The third kappa shape index (κ3) is 4.32. The first-order valence-corrected chi connectivity index (χ1v) is 9.87. The van der Waals surface area contributed by atoms with Gasteiger partial charge in [-0.15, -0.1) is 0 Å². The number of sulfonamides is 1. The van der Waals surface area contributed by atoms with Gasteiger partial charge in [-0.2, -0.15) is 0 Å². The third-order valence-electron chi connectivity index (χ3n) is 3.92. The van der Waals surface area contributed by atoms with Crippen molar-refractivity contribution in [1.82, 2.24) is 0 Å². The molecular formula is C19H17ClN2O4S. The van der Waals surface area contributed by atoms with Gasteiger partial charge in [0.1, 0.15) is 5.76 Å². The van der Waals surface area contributed by atoms with Gasteiger partial charge in [0.2, 0.25) is 0 Å². The van der Waals surface area contributed by atoms with E-state index in [2.05, 4.69) is 10.0 Å². The Morgan fingerprint density at radius 2 is 1.81 bits per heavy atom. The van der Waals surface area contributed by atoms with Crippen molar-refractivity contribution in [2.24, 2.45) is 0 Å². The van der Waals surface area contributed by atoms with E-state index in [9.17, 15) is 13.2 Å². The maximum atomic E-state index is 12.8. The van der Waals surface area contributed by atoms with Crippen LogP contribution in [0.5, 0.6) is 0 Å². The molecule has 1 heterocycles. The number of nitrogens with one attached hydrogen (secondary N) is 2. The van der Waals surface area contributed by atoms with E-state index in [1.165, 1.54) is 18.4 Å². The minimum Gasteiger partial charge on any atom is -0.469 e. The number of hydrogen-bond donors (Lipinski definition) is 2. The van der Waals surface area contributed by atoms with Gasteiger partial charge in [-0.25, -0.2) is 8.42 Å². The molecule has 1 aromatic heterocycles. The van der Waals surface area contributed by atoms with E-state index in [4.69, 9.17) is 16.0 Å². The minimum atomic E-state index is -3.86. The lowest BCUT2D eigenvalue weighted by Crippen LogP contribution is -2.16. The second-order valence-electron chi connectivity index (χ2n) is 5.94. The summed E-state index contributed by atoms with van der Waals surface area (Å²) in [5.41, 5.74) is 1.64. The summed E-state index contributed by atoms with van der Waals surface area (Å²) in [6.07, 6.45) is 1.42. The molecule has 0 fully saturated rings. The average Bonchev–Trinajstić information content (AvgIpc) is 3.02. The lowest BCUT2D eigenvalue weighted by molar-refractivity contribution is 0.102. The lowest BCUT2D eigenvalue weighted by atomic mass is 10.2. The molecule has 0 atom stereocenters. The Hall–Kier alpha value is -2.77. The summed E-state index contributed by atoms with van der Waals surface area (Å²) in [5, 5.41) is 3.11. The van der Waals surface area contributed by atoms with Crippen LogP contribution in [0.2, 0.25) is 5.02 Å². The second kappa shape index (κ2) is 7.46. The standard InChI is InChI=1S/C19H17ClN2O4S/c1-12-6-7-15(21-19(23)17-8-9-26-13(17)2)11-18(12)27(24,25)22-16-5-3-4-14(20)10-16/h3-11,22H,1-2H3,(H,21,23). The van der Waals surface area contributed by atoms with Crippen molar-refractivity contribution in [3.05, 3.63) is 76.7 Å². The predicted molar refractivity (Wildman–Crippen MR) is 105 cm³/mol. The van der Waals surface area contributed by atoms with Gasteiger partial charge < -0.3 is 9.73 Å². The average molecular weight is 405 g/mol. The van der Waals surface area contributed by atoms with Crippen LogP contribution in [0, 0.1) is 13.8 Å². The molecule has 2 aromatic carbocycles. The molecule has 140 valence electrons. The van der Waals surface area contributed by atoms with Crippen molar-refractivity contribution in [3.8, 4) is 0 Å². The smallest absolute Gasteiger partial charge is 0.262 e. The molecule has 8 heteroatoms. The highest BCUT2D eigenvalue weighted by atomic mass is 35.5. The van der Waals surface area contributed by atoms with Gasteiger partial charge in [0, 0.05) is 10.7 Å². The zero-order valence-corrected chi connectivity index (χ0v) is 16.2. The number of amides is 1. The molecular weight excluding hydrogens is 388 g/mol. The molecule has 0 aliphatic heterocycles. The Labute approximate surface area is 162 Å². The number of benzene rings is 2. The molecule has 0 unspecified atom stereocenters. The fourth-order valence-corrected chi connectivity index (χ4v) is 4.06. The topological polar surface area (TPSA) is 88.4 Å². The van der Waals surface area contributed by atoms with Crippen LogP contribution in [0.25, 0.3) is 0 Å². The Morgan fingerprint density at radius 3 is 2.48 bits per heavy atom. The van der Waals surface area contributed by atoms with Crippen LogP contribution in [0.1, 0.15) is 21.7 Å². The summed E-state index contributed by atoms with van der Waals surface area (Å²) in [7, 11) is -3.86. The van der Waals surface area contributed by atoms with Gasteiger partial charge in [0.05, 0.1) is 22.4 Å². The highest BCUT2D eigenvalue weighted by Crippen LogP contribution is 2.25. The van der Waals surface area contributed by atoms with Gasteiger partial charge in [-0.05, 0) is 55.8 Å². The number of aryl methyl sites for hydroxylation is 2. The Bertz CT molecular complexity index is 1110. The molecule has 0 saturated carbocycles. The summed E-state index contributed by atoms with van der Waals surface area (Å²) >= 11 is 5.91. The number of rotatable bonds is 5. The van der Waals surface area contributed by atoms with Gasteiger partial charge in [-0.3, -0.25) is 9.52 Å². The Balaban J connectivity index is 1.88. The van der Waals surface area contributed by atoms with Crippen molar-refractivity contribution in [1.29, 1.82) is 0 Å². The van der Waals surface area contributed by atoms with Crippen molar-refractivity contribution >= 4 is 38.9 Å². The molecule has 6 nitrogen and oxygen atoms in total. The number of carbonyl (C=O) groups is 1. The third-order valence-corrected chi connectivity index (χ3v) is 5.67. The quantitative estimate of drug-likeness (QED) is 0.650. The summed E-state index contributed by atoms with van der Waals surface area (Å²) in [4.78, 5) is 12.4. The van der Waals surface area contributed by atoms with Crippen molar-refractivity contribution < 1.29 is 17.6 Å². The van der Waals surface area contributed by atoms with E-state index in [0.717, 1.165) is 0 Å². The van der Waals surface area contributed by atoms with Crippen molar-refractivity contribution in [2.45, 2.75) is 18.7 Å². The molecule has 0 aliphatic rings. The zero-order chi connectivity index (χ0) is 19.6.